The highest BCUT2D eigenvalue weighted by Crippen LogP contribution is 2.35. The van der Waals surface area contributed by atoms with Gasteiger partial charge in [0.1, 0.15) is 5.75 Å². The molecule has 2 N–H and O–H groups in total. The van der Waals surface area contributed by atoms with E-state index in [9.17, 15) is 5.11 Å². The van der Waals surface area contributed by atoms with Crippen molar-refractivity contribution in [3.05, 3.63) is 48.0 Å². The molecule has 1 aliphatic rings. The Morgan fingerprint density at radius 1 is 1.47 bits per heavy atom. The van der Waals surface area contributed by atoms with Gasteiger partial charge >= 0.3 is 0 Å². The Morgan fingerprint density at radius 2 is 2.32 bits per heavy atom. The van der Waals surface area contributed by atoms with E-state index in [-0.39, 0.29) is 6.04 Å². The van der Waals surface area contributed by atoms with Gasteiger partial charge in [0, 0.05) is 24.8 Å². The Hall–Kier alpha value is -1.81. The van der Waals surface area contributed by atoms with Gasteiger partial charge in [-0.25, -0.2) is 4.98 Å². The lowest BCUT2D eigenvalue weighted by atomic mass is 10.1. The van der Waals surface area contributed by atoms with E-state index in [1.807, 2.05) is 24.7 Å². The van der Waals surface area contributed by atoms with Gasteiger partial charge in [-0.3, -0.25) is 0 Å². The Balaban J connectivity index is 1.63. The second-order valence-corrected chi connectivity index (χ2v) is 5.22. The molecule has 1 atom stereocenters. The van der Waals surface area contributed by atoms with E-state index in [4.69, 9.17) is 0 Å². The molecule has 0 saturated heterocycles. The Labute approximate surface area is 113 Å². The van der Waals surface area contributed by atoms with Crippen molar-refractivity contribution >= 4 is 0 Å². The van der Waals surface area contributed by atoms with Gasteiger partial charge in [0.05, 0.1) is 12.0 Å². The van der Waals surface area contributed by atoms with E-state index in [1.165, 1.54) is 18.5 Å². The summed E-state index contributed by atoms with van der Waals surface area (Å²) in [5, 5.41) is 13.0. The summed E-state index contributed by atoms with van der Waals surface area (Å²) in [6.45, 7) is 2.90. The second kappa shape index (κ2) is 5.05. The molecule has 4 nitrogen and oxygen atoms in total. The van der Waals surface area contributed by atoms with Crippen LogP contribution < -0.4 is 5.32 Å². The van der Waals surface area contributed by atoms with Gasteiger partial charge in [0.15, 0.2) is 0 Å². The van der Waals surface area contributed by atoms with E-state index in [1.54, 1.807) is 12.1 Å². The third-order valence-electron chi connectivity index (χ3n) is 3.65. The molecule has 100 valence electrons. The van der Waals surface area contributed by atoms with Crippen LogP contribution in [0.5, 0.6) is 5.75 Å². The van der Waals surface area contributed by atoms with Crippen LogP contribution in [0.25, 0.3) is 0 Å². The molecule has 1 aliphatic carbocycles. The lowest BCUT2D eigenvalue weighted by molar-refractivity contribution is 0.471. The van der Waals surface area contributed by atoms with Crippen LogP contribution in [-0.4, -0.2) is 14.7 Å². The number of nitrogens with one attached hydrogen (secondary N) is 1. The lowest BCUT2D eigenvalue weighted by Gasteiger charge is -2.15. The SMILES string of the molecule is CC(NCc1cncn1C1CC1)c1cccc(O)c1. The van der Waals surface area contributed by atoms with Crippen LogP contribution in [-0.2, 0) is 6.54 Å². The molecule has 0 amide bonds. The number of aromatic hydroxyl groups is 1. The first-order chi connectivity index (χ1) is 9.24. The number of aromatic nitrogens is 2. The van der Waals surface area contributed by atoms with E-state index in [0.717, 1.165) is 12.1 Å². The minimum absolute atomic E-state index is 0.203. The average molecular weight is 257 g/mol. The normalized spacial score (nSPS) is 16.5. The molecule has 0 radical (unpaired) electrons. The van der Waals surface area contributed by atoms with Crippen molar-refractivity contribution in [3.63, 3.8) is 0 Å². The van der Waals surface area contributed by atoms with Gasteiger partial charge in [0.25, 0.3) is 0 Å². The molecule has 2 aromatic rings. The molecule has 0 aliphatic heterocycles. The van der Waals surface area contributed by atoms with Crippen LogP contribution in [0, 0.1) is 0 Å². The number of phenols is 1. The summed E-state index contributed by atoms with van der Waals surface area (Å²) >= 11 is 0. The summed E-state index contributed by atoms with van der Waals surface area (Å²) in [4.78, 5) is 4.23. The molecule has 1 aromatic carbocycles. The summed E-state index contributed by atoms with van der Waals surface area (Å²) in [5.41, 5.74) is 2.33. The zero-order valence-electron chi connectivity index (χ0n) is 11.1. The maximum absolute atomic E-state index is 9.50. The first-order valence-electron chi connectivity index (χ1n) is 6.77. The molecule has 1 aromatic heterocycles. The summed E-state index contributed by atoms with van der Waals surface area (Å²) in [5.74, 6) is 0.314. The van der Waals surface area contributed by atoms with Crippen LogP contribution in [0.15, 0.2) is 36.8 Å². The first kappa shape index (κ1) is 12.2. The maximum Gasteiger partial charge on any atom is 0.115 e. The fourth-order valence-electron chi connectivity index (χ4n) is 2.32. The van der Waals surface area contributed by atoms with Gasteiger partial charge < -0.3 is 15.0 Å². The van der Waals surface area contributed by atoms with Crippen molar-refractivity contribution in [1.29, 1.82) is 0 Å². The number of hydrogen-bond donors (Lipinski definition) is 2. The van der Waals surface area contributed by atoms with Crippen molar-refractivity contribution in [2.24, 2.45) is 0 Å². The highest BCUT2D eigenvalue weighted by molar-refractivity contribution is 5.29. The van der Waals surface area contributed by atoms with Gasteiger partial charge in [-0.2, -0.15) is 0 Å². The summed E-state index contributed by atoms with van der Waals surface area (Å²) in [6.07, 6.45) is 6.39. The van der Waals surface area contributed by atoms with Crippen LogP contribution in [0.3, 0.4) is 0 Å². The molecule has 1 heterocycles. The number of hydrogen-bond acceptors (Lipinski definition) is 3. The highest BCUT2D eigenvalue weighted by Gasteiger charge is 2.25. The van der Waals surface area contributed by atoms with E-state index in [2.05, 4.69) is 21.8 Å². The molecule has 1 unspecified atom stereocenters. The van der Waals surface area contributed by atoms with Gasteiger partial charge in [-0.05, 0) is 37.5 Å². The van der Waals surface area contributed by atoms with Gasteiger partial charge in [-0.15, -0.1) is 0 Å². The molecule has 4 heteroatoms. The van der Waals surface area contributed by atoms with Crippen LogP contribution >= 0.6 is 0 Å². The van der Waals surface area contributed by atoms with Crippen molar-refractivity contribution in [2.75, 3.05) is 0 Å². The van der Waals surface area contributed by atoms with Crippen molar-refractivity contribution < 1.29 is 5.11 Å². The summed E-state index contributed by atoms with van der Waals surface area (Å²) in [7, 11) is 0. The molecule has 0 bridgehead atoms. The Bertz CT molecular complexity index is 560. The molecule has 1 saturated carbocycles. The van der Waals surface area contributed by atoms with Crippen LogP contribution in [0.4, 0.5) is 0 Å². The zero-order chi connectivity index (χ0) is 13.2. The maximum atomic E-state index is 9.50. The van der Waals surface area contributed by atoms with Crippen LogP contribution in [0.1, 0.15) is 43.1 Å². The van der Waals surface area contributed by atoms with Crippen LogP contribution in [0.2, 0.25) is 0 Å². The predicted molar refractivity (Wildman–Crippen MR) is 73.9 cm³/mol. The quantitative estimate of drug-likeness (QED) is 0.866. The topological polar surface area (TPSA) is 50.1 Å². The number of nitrogens with zero attached hydrogens (tertiary/aromatic N) is 2. The number of rotatable bonds is 5. The van der Waals surface area contributed by atoms with E-state index in [0.29, 0.717) is 11.8 Å². The molecule has 3 rings (SSSR count). The molecule has 19 heavy (non-hydrogen) atoms. The Morgan fingerprint density at radius 3 is 3.05 bits per heavy atom. The minimum atomic E-state index is 0.203. The van der Waals surface area contributed by atoms with E-state index >= 15 is 0 Å². The van der Waals surface area contributed by atoms with Crippen molar-refractivity contribution in [2.45, 2.75) is 38.4 Å². The van der Waals surface area contributed by atoms with Crippen molar-refractivity contribution in [3.8, 4) is 5.75 Å². The fourth-order valence-corrected chi connectivity index (χ4v) is 2.32. The Kier molecular flexibility index (Phi) is 3.25. The smallest absolute Gasteiger partial charge is 0.115 e. The molecule has 1 fully saturated rings. The molecular weight excluding hydrogens is 238 g/mol. The fraction of sp³-hybridized carbons (Fsp3) is 0.400. The van der Waals surface area contributed by atoms with Gasteiger partial charge in [-0.1, -0.05) is 12.1 Å². The second-order valence-electron chi connectivity index (χ2n) is 5.22. The number of imidazole rings is 1. The monoisotopic (exact) mass is 257 g/mol. The third kappa shape index (κ3) is 2.79. The first-order valence-corrected chi connectivity index (χ1v) is 6.77. The predicted octanol–water partition coefficient (Wildman–Crippen LogP) is 2.77. The standard InChI is InChI=1S/C15H19N3O/c1-11(12-3-2-4-15(19)7-12)17-9-14-8-16-10-18(14)13-5-6-13/h2-4,7-8,10-11,13,17,19H,5-6,9H2,1H3. The average Bonchev–Trinajstić information content (AvgIpc) is 3.15. The largest absolute Gasteiger partial charge is 0.508 e. The zero-order valence-corrected chi connectivity index (χ0v) is 11.1. The summed E-state index contributed by atoms with van der Waals surface area (Å²) in [6, 6.07) is 8.26. The number of benzene rings is 1. The summed E-state index contributed by atoms with van der Waals surface area (Å²) < 4.78 is 2.27. The lowest BCUT2D eigenvalue weighted by Crippen LogP contribution is -2.19. The number of phenolic OH excluding ortho intramolecular Hbond substituents is 1. The van der Waals surface area contributed by atoms with E-state index < -0.39 is 0 Å². The molecular formula is C15H19N3O. The van der Waals surface area contributed by atoms with Gasteiger partial charge in [0.2, 0.25) is 0 Å². The van der Waals surface area contributed by atoms with Crippen molar-refractivity contribution in [1.82, 2.24) is 14.9 Å². The highest BCUT2D eigenvalue weighted by atomic mass is 16.3. The molecule has 0 spiro atoms. The minimum Gasteiger partial charge on any atom is -0.508 e. The third-order valence-corrected chi connectivity index (χ3v) is 3.65.